The minimum absolute atomic E-state index is 0.913. The molecule has 0 fully saturated rings. The van der Waals surface area contributed by atoms with E-state index in [-0.39, 0.29) is 0 Å². The molecule has 1 atom stereocenters. The van der Waals surface area contributed by atoms with E-state index in [1.165, 1.54) is 58.2 Å². The summed E-state index contributed by atoms with van der Waals surface area (Å²) in [6, 6.07) is 0. The highest BCUT2D eigenvalue weighted by Gasteiger charge is 2.11. The highest BCUT2D eigenvalue weighted by molar-refractivity contribution is 9.09. The molecule has 0 amide bonds. The van der Waals surface area contributed by atoms with Crippen molar-refractivity contribution in [2.24, 2.45) is 5.92 Å². The first kappa shape index (κ1) is 16.4. The van der Waals surface area contributed by atoms with Crippen molar-refractivity contribution < 1.29 is 0 Å². The minimum Gasteiger partial charge on any atom is -0.302 e. The maximum absolute atomic E-state index is 3.56. The molecule has 0 aliphatic rings. The topological polar surface area (TPSA) is 3.24 Å². The Bertz CT molecular complexity index is 139. The van der Waals surface area contributed by atoms with Crippen molar-refractivity contribution in [2.45, 2.75) is 59.3 Å². The molecule has 0 aliphatic carbocycles. The van der Waals surface area contributed by atoms with E-state index in [9.17, 15) is 0 Å². The predicted octanol–water partition coefficient (Wildman–Crippen LogP) is 4.70. The van der Waals surface area contributed by atoms with E-state index in [0.717, 1.165) is 11.2 Å². The molecule has 2 heteroatoms. The molecule has 0 heterocycles. The molecule has 0 aromatic rings. The molecular formula is C14H30BrN. The minimum atomic E-state index is 0.913. The largest absolute Gasteiger partial charge is 0.302 e. The smallest absolute Gasteiger partial charge is 0.0159 e. The fraction of sp³-hybridized carbons (Fsp3) is 1.00. The number of alkyl halides is 1. The molecule has 0 aromatic heterocycles. The van der Waals surface area contributed by atoms with E-state index in [1.807, 2.05) is 0 Å². The van der Waals surface area contributed by atoms with Crippen LogP contribution in [-0.4, -0.2) is 29.9 Å². The van der Waals surface area contributed by atoms with Crippen molar-refractivity contribution in [3.63, 3.8) is 0 Å². The molecular weight excluding hydrogens is 262 g/mol. The Morgan fingerprint density at radius 3 is 2.19 bits per heavy atom. The van der Waals surface area contributed by atoms with Gasteiger partial charge in [0.2, 0.25) is 0 Å². The van der Waals surface area contributed by atoms with Gasteiger partial charge in [-0.2, -0.15) is 0 Å². The van der Waals surface area contributed by atoms with Gasteiger partial charge in [0.1, 0.15) is 0 Å². The molecule has 0 bridgehead atoms. The second kappa shape index (κ2) is 11.9. The van der Waals surface area contributed by atoms with Crippen molar-refractivity contribution in [3.8, 4) is 0 Å². The lowest BCUT2D eigenvalue weighted by Crippen LogP contribution is -2.32. The summed E-state index contributed by atoms with van der Waals surface area (Å²) in [6.45, 7) is 10.7. The van der Waals surface area contributed by atoms with Gasteiger partial charge in [-0.1, -0.05) is 62.4 Å². The first-order valence-corrected chi connectivity index (χ1v) is 8.18. The van der Waals surface area contributed by atoms with Gasteiger partial charge in [-0.05, 0) is 25.3 Å². The lowest BCUT2D eigenvalue weighted by Gasteiger charge is -2.26. The third kappa shape index (κ3) is 8.58. The SMILES string of the molecule is CCCCC(CC)CN(CCBr)CCCC. The van der Waals surface area contributed by atoms with Crippen molar-refractivity contribution >= 4 is 15.9 Å². The van der Waals surface area contributed by atoms with Gasteiger partial charge >= 0.3 is 0 Å². The van der Waals surface area contributed by atoms with Crippen molar-refractivity contribution in [3.05, 3.63) is 0 Å². The Hall–Kier alpha value is 0.440. The van der Waals surface area contributed by atoms with Gasteiger partial charge in [-0.25, -0.2) is 0 Å². The Balaban J connectivity index is 3.90. The fourth-order valence-electron chi connectivity index (χ4n) is 2.08. The summed E-state index contributed by atoms with van der Waals surface area (Å²) < 4.78 is 0. The van der Waals surface area contributed by atoms with Crippen LogP contribution in [0.15, 0.2) is 0 Å². The molecule has 0 aliphatic heterocycles. The quantitative estimate of drug-likeness (QED) is 0.499. The van der Waals surface area contributed by atoms with Crippen molar-refractivity contribution in [1.82, 2.24) is 4.90 Å². The van der Waals surface area contributed by atoms with Crippen LogP contribution < -0.4 is 0 Å². The van der Waals surface area contributed by atoms with E-state index in [2.05, 4.69) is 41.6 Å². The molecule has 16 heavy (non-hydrogen) atoms. The Morgan fingerprint density at radius 2 is 1.69 bits per heavy atom. The summed E-state index contributed by atoms with van der Waals surface area (Å²) in [5.74, 6) is 0.913. The van der Waals surface area contributed by atoms with Crippen LogP contribution in [0.25, 0.3) is 0 Å². The lowest BCUT2D eigenvalue weighted by atomic mass is 9.98. The van der Waals surface area contributed by atoms with Crippen LogP contribution in [-0.2, 0) is 0 Å². The van der Waals surface area contributed by atoms with Gasteiger partial charge in [0.15, 0.2) is 0 Å². The first-order valence-electron chi connectivity index (χ1n) is 7.06. The summed E-state index contributed by atoms with van der Waals surface area (Å²) in [6.07, 6.45) is 8.14. The number of rotatable bonds is 11. The molecule has 0 N–H and O–H groups in total. The van der Waals surface area contributed by atoms with Gasteiger partial charge in [-0.15, -0.1) is 0 Å². The molecule has 0 rings (SSSR count). The van der Waals surface area contributed by atoms with Crippen LogP contribution in [0.4, 0.5) is 0 Å². The number of nitrogens with zero attached hydrogens (tertiary/aromatic N) is 1. The second-order valence-electron chi connectivity index (χ2n) is 4.76. The zero-order chi connectivity index (χ0) is 12.2. The van der Waals surface area contributed by atoms with E-state index >= 15 is 0 Å². The maximum atomic E-state index is 3.56. The summed E-state index contributed by atoms with van der Waals surface area (Å²) in [7, 11) is 0. The first-order chi connectivity index (χ1) is 7.78. The standard InChI is InChI=1S/C14H30BrN/c1-4-7-9-14(6-3)13-16(12-10-15)11-8-5-2/h14H,4-13H2,1-3H3. The van der Waals surface area contributed by atoms with Crippen LogP contribution in [0, 0.1) is 5.92 Å². The zero-order valence-corrected chi connectivity index (χ0v) is 13.1. The predicted molar refractivity (Wildman–Crippen MR) is 78.4 cm³/mol. The van der Waals surface area contributed by atoms with Gasteiger partial charge in [0, 0.05) is 18.4 Å². The number of hydrogen-bond donors (Lipinski definition) is 0. The van der Waals surface area contributed by atoms with Crippen LogP contribution >= 0.6 is 15.9 Å². The van der Waals surface area contributed by atoms with E-state index in [1.54, 1.807) is 0 Å². The Labute approximate surface area is 111 Å². The summed E-state index contributed by atoms with van der Waals surface area (Å²) in [5.41, 5.74) is 0. The van der Waals surface area contributed by atoms with Gasteiger partial charge in [-0.3, -0.25) is 0 Å². The van der Waals surface area contributed by atoms with E-state index < -0.39 is 0 Å². The molecule has 1 nitrogen and oxygen atoms in total. The summed E-state index contributed by atoms with van der Waals surface area (Å²) in [4.78, 5) is 2.64. The highest BCUT2D eigenvalue weighted by Crippen LogP contribution is 2.14. The van der Waals surface area contributed by atoms with E-state index in [4.69, 9.17) is 0 Å². The Kier molecular flexibility index (Phi) is 12.2. The van der Waals surface area contributed by atoms with Crippen LogP contribution in [0.5, 0.6) is 0 Å². The van der Waals surface area contributed by atoms with Gasteiger partial charge < -0.3 is 4.90 Å². The van der Waals surface area contributed by atoms with Crippen molar-refractivity contribution in [1.29, 1.82) is 0 Å². The third-order valence-electron chi connectivity index (χ3n) is 3.29. The molecule has 0 aromatic carbocycles. The van der Waals surface area contributed by atoms with Crippen LogP contribution in [0.2, 0.25) is 0 Å². The van der Waals surface area contributed by atoms with Crippen LogP contribution in [0.1, 0.15) is 59.3 Å². The number of unbranched alkanes of at least 4 members (excludes halogenated alkanes) is 2. The third-order valence-corrected chi connectivity index (χ3v) is 3.64. The maximum Gasteiger partial charge on any atom is 0.0159 e. The highest BCUT2D eigenvalue weighted by atomic mass is 79.9. The lowest BCUT2D eigenvalue weighted by molar-refractivity contribution is 0.227. The molecule has 0 spiro atoms. The molecule has 0 radical (unpaired) electrons. The van der Waals surface area contributed by atoms with Gasteiger partial charge in [0.05, 0.1) is 0 Å². The molecule has 98 valence electrons. The average molecular weight is 292 g/mol. The average Bonchev–Trinajstić information content (AvgIpc) is 2.31. The van der Waals surface area contributed by atoms with Crippen LogP contribution in [0.3, 0.4) is 0 Å². The normalized spacial score (nSPS) is 13.3. The molecule has 1 unspecified atom stereocenters. The molecule has 0 saturated heterocycles. The summed E-state index contributed by atoms with van der Waals surface area (Å²) in [5, 5.41) is 1.11. The second-order valence-corrected chi connectivity index (χ2v) is 5.55. The number of halogens is 1. The van der Waals surface area contributed by atoms with Crippen molar-refractivity contribution in [2.75, 3.05) is 25.0 Å². The summed E-state index contributed by atoms with van der Waals surface area (Å²) >= 11 is 3.56. The Morgan fingerprint density at radius 1 is 1.00 bits per heavy atom. The van der Waals surface area contributed by atoms with Gasteiger partial charge in [0.25, 0.3) is 0 Å². The monoisotopic (exact) mass is 291 g/mol. The molecule has 0 saturated carbocycles. The van der Waals surface area contributed by atoms with E-state index in [0.29, 0.717) is 0 Å². The fourth-order valence-corrected chi connectivity index (χ4v) is 2.58. The zero-order valence-electron chi connectivity index (χ0n) is 11.5. The number of hydrogen-bond acceptors (Lipinski definition) is 1.